The summed E-state index contributed by atoms with van der Waals surface area (Å²) in [7, 11) is 1.79. The van der Waals surface area contributed by atoms with E-state index in [9.17, 15) is 14.7 Å². The average Bonchev–Trinajstić information content (AvgIpc) is 2.94. The standard InChI is InChI=1S/C12H20N2O4/c1-12(11(16)17)4-3-5-14(12)10(15)8-6-18-7-9(8)13-2/h8-9,13H,3-7H2,1-2H3,(H,16,17). The number of nitrogens with zero attached hydrogens (tertiary/aromatic N) is 1. The van der Waals surface area contributed by atoms with Gasteiger partial charge in [0.1, 0.15) is 5.54 Å². The molecule has 0 aromatic rings. The predicted molar refractivity (Wildman–Crippen MR) is 64.1 cm³/mol. The van der Waals surface area contributed by atoms with E-state index in [1.807, 2.05) is 0 Å². The van der Waals surface area contributed by atoms with Gasteiger partial charge in [0.2, 0.25) is 5.91 Å². The predicted octanol–water partition coefficient (Wildman–Crippen LogP) is -0.313. The fourth-order valence-corrected chi connectivity index (χ4v) is 2.82. The summed E-state index contributed by atoms with van der Waals surface area (Å²) >= 11 is 0. The molecule has 2 aliphatic heterocycles. The molecular formula is C12H20N2O4. The van der Waals surface area contributed by atoms with E-state index in [0.717, 1.165) is 6.42 Å². The third kappa shape index (κ3) is 1.99. The molecule has 6 heteroatoms. The molecule has 0 aromatic heterocycles. The molecule has 1 amide bonds. The number of carboxylic acid groups (broad SMARTS) is 1. The minimum atomic E-state index is -1.06. The van der Waals surface area contributed by atoms with Gasteiger partial charge in [-0.15, -0.1) is 0 Å². The second kappa shape index (κ2) is 4.85. The lowest BCUT2D eigenvalue weighted by Crippen LogP contribution is -2.55. The van der Waals surface area contributed by atoms with Crippen LogP contribution in [0.1, 0.15) is 19.8 Å². The van der Waals surface area contributed by atoms with Gasteiger partial charge in [0.05, 0.1) is 19.1 Å². The van der Waals surface area contributed by atoms with Crippen molar-refractivity contribution in [1.82, 2.24) is 10.2 Å². The molecule has 2 aliphatic rings. The molecule has 102 valence electrons. The van der Waals surface area contributed by atoms with E-state index in [4.69, 9.17) is 4.74 Å². The van der Waals surface area contributed by atoms with Crippen molar-refractivity contribution < 1.29 is 19.4 Å². The SMILES string of the molecule is CNC1COCC1C(=O)N1CCCC1(C)C(=O)O. The second-order valence-electron chi connectivity index (χ2n) is 5.21. The Kier molecular flexibility index (Phi) is 3.59. The van der Waals surface area contributed by atoms with Crippen LogP contribution < -0.4 is 5.32 Å². The summed E-state index contributed by atoms with van der Waals surface area (Å²) in [4.78, 5) is 25.4. The van der Waals surface area contributed by atoms with Crippen LogP contribution in [0.5, 0.6) is 0 Å². The maximum Gasteiger partial charge on any atom is 0.329 e. The zero-order valence-electron chi connectivity index (χ0n) is 10.8. The Balaban J connectivity index is 2.15. The van der Waals surface area contributed by atoms with Gasteiger partial charge in [0, 0.05) is 12.6 Å². The van der Waals surface area contributed by atoms with Gasteiger partial charge in [-0.2, -0.15) is 0 Å². The zero-order chi connectivity index (χ0) is 13.3. The Morgan fingerprint density at radius 2 is 2.17 bits per heavy atom. The number of hydrogen-bond donors (Lipinski definition) is 2. The molecule has 3 atom stereocenters. The molecule has 0 radical (unpaired) electrons. The molecule has 0 saturated carbocycles. The van der Waals surface area contributed by atoms with Gasteiger partial charge in [-0.05, 0) is 26.8 Å². The molecule has 2 fully saturated rings. The van der Waals surface area contributed by atoms with Gasteiger partial charge in [-0.1, -0.05) is 0 Å². The van der Waals surface area contributed by atoms with Crippen molar-refractivity contribution in [3.63, 3.8) is 0 Å². The number of carboxylic acids is 1. The lowest BCUT2D eigenvalue weighted by atomic mass is 9.96. The summed E-state index contributed by atoms with van der Waals surface area (Å²) in [6, 6.07) is -0.0175. The molecule has 0 spiro atoms. The molecule has 2 N–H and O–H groups in total. The van der Waals surface area contributed by atoms with Gasteiger partial charge in [0.25, 0.3) is 0 Å². The van der Waals surface area contributed by atoms with Gasteiger partial charge >= 0.3 is 5.97 Å². The summed E-state index contributed by atoms with van der Waals surface area (Å²) in [5.74, 6) is -1.30. The third-order valence-corrected chi connectivity index (χ3v) is 4.14. The number of likely N-dealkylation sites (tertiary alicyclic amines) is 1. The molecule has 0 bridgehead atoms. The number of carbonyl (C=O) groups excluding carboxylic acids is 1. The van der Waals surface area contributed by atoms with Crippen LogP contribution in [-0.4, -0.2) is 60.3 Å². The van der Waals surface area contributed by atoms with Crippen molar-refractivity contribution in [1.29, 1.82) is 0 Å². The first-order valence-corrected chi connectivity index (χ1v) is 6.30. The van der Waals surface area contributed by atoms with Crippen LogP contribution in [-0.2, 0) is 14.3 Å². The normalized spacial score (nSPS) is 36.0. The van der Waals surface area contributed by atoms with E-state index < -0.39 is 11.5 Å². The second-order valence-corrected chi connectivity index (χ2v) is 5.21. The number of rotatable bonds is 3. The first-order valence-electron chi connectivity index (χ1n) is 6.30. The van der Waals surface area contributed by atoms with Crippen molar-refractivity contribution in [2.24, 2.45) is 5.92 Å². The fraction of sp³-hybridized carbons (Fsp3) is 0.833. The highest BCUT2D eigenvalue weighted by molar-refractivity contribution is 5.89. The summed E-state index contributed by atoms with van der Waals surface area (Å²) in [6.07, 6.45) is 1.26. The third-order valence-electron chi connectivity index (χ3n) is 4.14. The van der Waals surface area contributed by atoms with Crippen LogP contribution >= 0.6 is 0 Å². The van der Waals surface area contributed by atoms with Crippen LogP contribution in [0.4, 0.5) is 0 Å². The monoisotopic (exact) mass is 256 g/mol. The molecular weight excluding hydrogens is 236 g/mol. The van der Waals surface area contributed by atoms with Crippen LogP contribution in [0.25, 0.3) is 0 Å². The molecule has 18 heavy (non-hydrogen) atoms. The van der Waals surface area contributed by atoms with E-state index in [-0.39, 0.29) is 17.9 Å². The van der Waals surface area contributed by atoms with Gasteiger partial charge in [-0.3, -0.25) is 4.79 Å². The van der Waals surface area contributed by atoms with Gasteiger partial charge < -0.3 is 20.1 Å². The topological polar surface area (TPSA) is 78.9 Å². The van der Waals surface area contributed by atoms with Crippen molar-refractivity contribution >= 4 is 11.9 Å². The summed E-state index contributed by atoms with van der Waals surface area (Å²) in [6.45, 7) is 3.03. The highest BCUT2D eigenvalue weighted by Gasteiger charge is 2.49. The number of hydrogen-bond acceptors (Lipinski definition) is 4. The fourth-order valence-electron chi connectivity index (χ4n) is 2.82. The van der Waals surface area contributed by atoms with E-state index >= 15 is 0 Å². The summed E-state index contributed by atoms with van der Waals surface area (Å²) in [5, 5.41) is 12.4. The van der Waals surface area contributed by atoms with E-state index in [1.54, 1.807) is 14.0 Å². The van der Waals surface area contributed by atoms with Gasteiger partial charge in [-0.25, -0.2) is 4.79 Å². The maximum absolute atomic E-state index is 12.5. The molecule has 0 aliphatic carbocycles. The highest BCUT2D eigenvalue weighted by atomic mass is 16.5. The number of amides is 1. The van der Waals surface area contributed by atoms with Crippen molar-refractivity contribution in [2.75, 3.05) is 26.8 Å². The number of carbonyl (C=O) groups is 2. The van der Waals surface area contributed by atoms with Crippen LogP contribution in [0.3, 0.4) is 0 Å². The smallest absolute Gasteiger partial charge is 0.329 e. The van der Waals surface area contributed by atoms with E-state index in [1.165, 1.54) is 4.90 Å². The van der Waals surface area contributed by atoms with Crippen molar-refractivity contribution in [2.45, 2.75) is 31.3 Å². The zero-order valence-corrected chi connectivity index (χ0v) is 10.8. The van der Waals surface area contributed by atoms with Crippen LogP contribution in [0.15, 0.2) is 0 Å². The Hall–Kier alpha value is -1.14. The summed E-state index contributed by atoms with van der Waals surface area (Å²) in [5.41, 5.74) is -1.06. The number of nitrogens with one attached hydrogen (secondary N) is 1. The molecule has 2 heterocycles. The van der Waals surface area contributed by atoms with E-state index in [2.05, 4.69) is 5.32 Å². The number of ether oxygens (including phenoxy) is 1. The average molecular weight is 256 g/mol. The quantitative estimate of drug-likeness (QED) is 0.724. The molecule has 0 aromatic carbocycles. The largest absolute Gasteiger partial charge is 0.480 e. The van der Waals surface area contributed by atoms with Crippen molar-refractivity contribution in [3.05, 3.63) is 0 Å². The van der Waals surface area contributed by atoms with Gasteiger partial charge in [0.15, 0.2) is 0 Å². The number of aliphatic carboxylic acids is 1. The molecule has 6 nitrogen and oxygen atoms in total. The maximum atomic E-state index is 12.5. The number of likely N-dealkylation sites (N-methyl/N-ethyl adjacent to an activating group) is 1. The lowest BCUT2D eigenvalue weighted by molar-refractivity contribution is -0.157. The first kappa shape index (κ1) is 13.3. The Morgan fingerprint density at radius 1 is 1.44 bits per heavy atom. The lowest BCUT2D eigenvalue weighted by Gasteiger charge is -2.34. The van der Waals surface area contributed by atoms with Crippen LogP contribution in [0.2, 0.25) is 0 Å². The highest BCUT2D eigenvalue weighted by Crippen LogP contribution is 2.32. The van der Waals surface area contributed by atoms with Crippen LogP contribution in [0, 0.1) is 5.92 Å². The minimum Gasteiger partial charge on any atom is -0.480 e. The van der Waals surface area contributed by atoms with E-state index in [0.29, 0.717) is 26.2 Å². The minimum absolute atomic E-state index is 0.0175. The van der Waals surface area contributed by atoms with Crippen molar-refractivity contribution in [3.8, 4) is 0 Å². The molecule has 2 rings (SSSR count). The Labute approximate surface area is 106 Å². The summed E-state index contributed by atoms with van der Waals surface area (Å²) < 4.78 is 5.31. The first-order chi connectivity index (χ1) is 8.50. The Bertz CT molecular complexity index is 360. The Morgan fingerprint density at radius 3 is 2.78 bits per heavy atom. The molecule has 2 saturated heterocycles. The molecule has 3 unspecified atom stereocenters.